The van der Waals surface area contributed by atoms with Crippen molar-refractivity contribution < 1.29 is 0 Å². The highest BCUT2D eigenvalue weighted by atomic mass is 14.6. The van der Waals surface area contributed by atoms with Crippen LogP contribution in [-0.4, -0.2) is 0 Å². The molecule has 0 aliphatic heterocycles. The Hall–Kier alpha value is -0.820. The van der Waals surface area contributed by atoms with Gasteiger partial charge in [0, 0.05) is 6.04 Å². The van der Waals surface area contributed by atoms with E-state index in [0.717, 1.165) is 18.8 Å². The Morgan fingerprint density at radius 3 is 2.25 bits per heavy atom. The third-order valence-electron chi connectivity index (χ3n) is 3.58. The van der Waals surface area contributed by atoms with Gasteiger partial charge in [-0.15, -0.1) is 0 Å². The van der Waals surface area contributed by atoms with Gasteiger partial charge < -0.3 is 5.73 Å². The monoisotopic (exact) mass is 219 g/mol. The maximum Gasteiger partial charge on any atom is 0.0300 e. The Balaban J connectivity index is 2.75. The van der Waals surface area contributed by atoms with Crippen molar-refractivity contribution in [1.29, 1.82) is 0 Å². The van der Waals surface area contributed by atoms with Crippen molar-refractivity contribution in [3.63, 3.8) is 0 Å². The standard InChI is InChI=1S/C15H25N/c1-4-12(5-2)11-15(16)14-10-8-7-9-13(14)6-3/h7-10,12,15H,4-6,11,16H2,1-3H3. The predicted octanol–water partition coefficient (Wildman–Crippen LogP) is 4.08. The fourth-order valence-electron chi connectivity index (χ4n) is 2.33. The lowest BCUT2D eigenvalue weighted by molar-refractivity contribution is 0.413. The van der Waals surface area contributed by atoms with Crippen LogP contribution >= 0.6 is 0 Å². The lowest BCUT2D eigenvalue weighted by atomic mass is 9.89. The first kappa shape index (κ1) is 13.2. The molecule has 0 heterocycles. The zero-order valence-corrected chi connectivity index (χ0v) is 10.9. The number of rotatable bonds is 6. The molecule has 0 saturated heterocycles. The largest absolute Gasteiger partial charge is 0.324 e. The van der Waals surface area contributed by atoms with E-state index in [4.69, 9.17) is 5.73 Å². The van der Waals surface area contributed by atoms with Crippen molar-refractivity contribution in [2.75, 3.05) is 0 Å². The van der Waals surface area contributed by atoms with Crippen molar-refractivity contribution >= 4 is 0 Å². The minimum Gasteiger partial charge on any atom is -0.324 e. The molecule has 1 atom stereocenters. The van der Waals surface area contributed by atoms with Gasteiger partial charge in [-0.25, -0.2) is 0 Å². The van der Waals surface area contributed by atoms with Crippen LogP contribution in [0.25, 0.3) is 0 Å². The van der Waals surface area contributed by atoms with Crippen LogP contribution in [0.15, 0.2) is 24.3 Å². The molecule has 0 radical (unpaired) electrons. The molecule has 1 rings (SSSR count). The highest BCUT2D eigenvalue weighted by Gasteiger charge is 2.14. The maximum absolute atomic E-state index is 6.32. The second-order valence-corrected chi connectivity index (χ2v) is 4.58. The van der Waals surface area contributed by atoms with Crippen molar-refractivity contribution in [3.05, 3.63) is 35.4 Å². The van der Waals surface area contributed by atoms with Gasteiger partial charge >= 0.3 is 0 Å². The summed E-state index contributed by atoms with van der Waals surface area (Å²) in [6.45, 7) is 6.71. The van der Waals surface area contributed by atoms with Gasteiger partial charge in [0.05, 0.1) is 0 Å². The lowest BCUT2D eigenvalue weighted by Gasteiger charge is -2.20. The summed E-state index contributed by atoms with van der Waals surface area (Å²) in [6, 6.07) is 8.79. The van der Waals surface area contributed by atoms with Crippen molar-refractivity contribution in [3.8, 4) is 0 Å². The number of hydrogen-bond acceptors (Lipinski definition) is 1. The average Bonchev–Trinajstić information content (AvgIpc) is 2.35. The Labute approximate surface area is 100 Å². The zero-order valence-electron chi connectivity index (χ0n) is 10.9. The summed E-state index contributed by atoms with van der Waals surface area (Å²) in [5.41, 5.74) is 9.07. The quantitative estimate of drug-likeness (QED) is 0.766. The van der Waals surface area contributed by atoms with E-state index in [9.17, 15) is 0 Å². The highest BCUT2D eigenvalue weighted by molar-refractivity contribution is 5.29. The fraction of sp³-hybridized carbons (Fsp3) is 0.600. The molecule has 90 valence electrons. The molecule has 0 bridgehead atoms. The SMILES string of the molecule is CCc1ccccc1C(N)CC(CC)CC. The van der Waals surface area contributed by atoms with Gasteiger partial charge in [0.25, 0.3) is 0 Å². The van der Waals surface area contributed by atoms with E-state index in [-0.39, 0.29) is 6.04 Å². The van der Waals surface area contributed by atoms with E-state index in [1.54, 1.807) is 0 Å². The van der Waals surface area contributed by atoms with Gasteiger partial charge in [-0.05, 0) is 29.9 Å². The first-order valence-electron chi connectivity index (χ1n) is 6.56. The van der Waals surface area contributed by atoms with Crippen LogP contribution in [0, 0.1) is 5.92 Å². The molecule has 0 fully saturated rings. The van der Waals surface area contributed by atoms with Gasteiger partial charge in [0.2, 0.25) is 0 Å². The van der Waals surface area contributed by atoms with Crippen molar-refractivity contribution in [2.45, 2.75) is 52.5 Å². The normalized spacial score (nSPS) is 13.1. The van der Waals surface area contributed by atoms with Crippen molar-refractivity contribution in [2.24, 2.45) is 11.7 Å². The van der Waals surface area contributed by atoms with Gasteiger partial charge in [0.15, 0.2) is 0 Å². The van der Waals surface area contributed by atoms with E-state index in [1.807, 2.05) is 0 Å². The summed E-state index contributed by atoms with van der Waals surface area (Å²) in [4.78, 5) is 0. The first-order chi connectivity index (χ1) is 7.72. The molecule has 1 unspecified atom stereocenters. The van der Waals surface area contributed by atoms with Crippen LogP contribution in [0.4, 0.5) is 0 Å². The Morgan fingerprint density at radius 1 is 1.06 bits per heavy atom. The molecule has 0 spiro atoms. The molecular weight excluding hydrogens is 194 g/mol. The van der Waals surface area contributed by atoms with E-state index >= 15 is 0 Å². The van der Waals surface area contributed by atoms with Crippen LogP contribution in [0.1, 0.15) is 57.2 Å². The fourth-order valence-corrected chi connectivity index (χ4v) is 2.33. The zero-order chi connectivity index (χ0) is 12.0. The van der Waals surface area contributed by atoms with Crippen LogP contribution in [-0.2, 0) is 6.42 Å². The molecule has 2 N–H and O–H groups in total. The molecule has 0 saturated carbocycles. The van der Waals surface area contributed by atoms with Crippen molar-refractivity contribution in [1.82, 2.24) is 0 Å². The first-order valence-corrected chi connectivity index (χ1v) is 6.56. The molecular formula is C15H25N. The third-order valence-corrected chi connectivity index (χ3v) is 3.58. The Kier molecular flexibility index (Phi) is 5.54. The van der Waals surface area contributed by atoms with E-state index in [0.29, 0.717) is 0 Å². The number of nitrogens with two attached hydrogens (primary N) is 1. The van der Waals surface area contributed by atoms with E-state index < -0.39 is 0 Å². The molecule has 1 aromatic rings. The van der Waals surface area contributed by atoms with E-state index in [1.165, 1.54) is 24.0 Å². The summed E-state index contributed by atoms with van der Waals surface area (Å²) in [5.74, 6) is 0.764. The van der Waals surface area contributed by atoms with Crippen LogP contribution in [0.2, 0.25) is 0 Å². The minimum absolute atomic E-state index is 0.209. The van der Waals surface area contributed by atoms with Gasteiger partial charge in [-0.1, -0.05) is 57.9 Å². The van der Waals surface area contributed by atoms with Crippen LogP contribution < -0.4 is 5.73 Å². The predicted molar refractivity (Wildman–Crippen MR) is 71.4 cm³/mol. The summed E-state index contributed by atoms with van der Waals surface area (Å²) in [6.07, 6.45) is 4.66. The smallest absolute Gasteiger partial charge is 0.0300 e. The van der Waals surface area contributed by atoms with E-state index in [2.05, 4.69) is 45.0 Å². The Bertz CT molecular complexity index is 302. The summed E-state index contributed by atoms with van der Waals surface area (Å²) >= 11 is 0. The second kappa shape index (κ2) is 6.70. The molecule has 0 aliphatic carbocycles. The number of hydrogen-bond donors (Lipinski definition) is 1. The molecule has 0 amide bonds. The average molecular weight is 219 g/mol. The topological polar surface area (TPSA) is 26.0 Å². The maximum atomic E-state index is 6.32. The molecule has 16 heavy (non-hydrogen) atoms. The molecule has 1 nitrogen and oxygen atoms in total. The molecule has 0 aliphatic rings. The lowest BCUT2D eigenvalue weighted by Crippen LogP contribution is -2.16. The molecule has 1 heteroatoms. The minimum atomic E-state index is 0.209. The second-order valence-electron chi connectivity index (χ2n) is 4.58. The summed E-state index contributed by atoms with van der Waals surface area (Å²) < 4.78 is 0. The Morgan fingerprint density at radius 2 is 1.69 bits per heavy atom. The van der Waals surface area contributed by atoms with Gasteiger partial charge in [0.1, 0.15) is 0 Å². The van der Waals surface area contributed by atoms with Gasteiger partial charge in [-0.2, -0.15) is 0 Å². The summed E-state index contributed by atoms with van der Waals surface area (Å²) in [7, 11) is 0. The van der Waals surface area contributed by atoms with Crippen LogP contribution in [0.5, 0.6) is 0 Å². The third kappa shape index (κ3) is 3.34. The van der Waals surface area contributed by atoms with Crippen LogP contribution in [0.3, 0.4) is 0 Å². The summed E-state index contributed by atoms with van der Waals surface area (Å²) in [5, 5.41) is 0. The number of benzene rings is 1. The van der Waals surface area contributed by atoms with Gasteiger partial charge in [-0.3, -0.25) is 0 Å². The molecule has 1 aromatic carbocycles. The number of aryl methyl sites for hydroxylation is 1. The molecule has 0 aromatic heterocycles. The highest BCUT2D eigenvalue weighted by Crippen LogP contribution is 2.25.